The van der Waals surface area contributed by atoms with Crippen molar-refractivity contribution in [3.8, 4) is 0 Å². The number of rotatable bonds is 3. The Bertz CT molecular complexity index is 180. The highest BCUT2D eigenvalue weighted by atomic mass is 16.5. The monoisotopic (exact) mass is 185 g/mol. The molecule has 0 unspecified atom stereocenters. The largest absolute Gasteiger partial charge is 0.383 e. The van der Waals surface area contributed by atoms with Gasteiger partial charge >= 0.3 is 0 Å². The molecule has 3 nitrogen and oxygen atoms in total. The van der Waals surface area contributed by atoms with Crippen molar-refractivity contribution in [1.29, 1.82) is 0 Å². The zero-order valence-corrected chi connectivity index (χ0v) is 8.75. The molecule has 0 saturated carbocycles. The van der Waals surface area contributed by atoms with E-state index in [4.69, 9.17) is 4.74 Å². The number of hydrogen-bond donors (Lipinski definition) is 0. The predicted molar refractivity (Wildman–Crippen MR) is 51.4 cm³/mol. The number of ether oxygens (including phenoxy) is 1. The molecule has 1 fully saturated rings. The summed E-state index contributed by atoms with van der Waals surface area (Å²) in [5.41, 5.74) is 0. The van der Waals surface area contributed by atoms with E-state index in [-0.39, 0.29) is 11.8 Å². The van der Waals surface area contributed by atoms with Gasteiger partial charge in [-0.2, -0.15) is 0 Å². The second-order valence-electron chi connectivity index (χ2n) is 3.94. The summed E-state index contributed by atoms with van der Waals surface area (Å²) >= 11 is 0. The van der Waals surface area contributed by atoms with E-state index in [0.29, 0.717) is 12.6 Å². The molecule has 0 N–H and O–H groups in total. The Kier molecular flexibility index (Phi) is 3.72. The van der Waals surface area contributed by atoms with Crippen LogP contribution >= 0.6 is 0 Å². The lowest BCUT2D eigenvalue weighted by Crippen LogP contribution is -2.40. The van der Waals surface area contributed by atoms with Crippen LogP contribution in [0.3, 0.4) is 0 Å². The average molecular weight is 185 g/mol. The maximum atomic E-state index is 11.7. The van der Waals surface area contributed by atoms with Crippen molar-refractivity contribution in [2.24, 2.45) is 5.92 Å². The molecule has 76 valence electrons. The molecular formula is C10H19NO2. The Morgan fingerprint density at radius 3 is 2.85 bits per heavy atom. The summed E-state index contributed by atoms with van der Waals surface area (Å²) in [6, 6.07) is 0.319. The summed E-state index contributed by atoms with van der Waals surface area (Å²) in [5.74, 6) is 0.372. The van der Waals surface area contributed by atoms with Crippen LogP contribution in [0.5, 0.6) is 0 Å². The molecule has 1 aliphatic heterocycles. The molecular weight excluding hydrogens is 166 g/mol. The maximum absolute atomic E-state index is 11.7. The van der Waals surface area contributed by atoms with Gasteiger partial charge in [-0.25, -0.2) is 0 Å². The third-order valence-corrected chi connectivity index (χ3v) is 2.51. The molecule has 0 aromatic heterocycles. The smallest absolute Gasteiger partial charge is 0.225 e. The average Bonchev–Trinajstić information content (AvgIpc) is 2.52. The first-order valence-corrected chi connectivity index (χ1v) is 4.96. The summed E-state index contributed by atoms with van der Waals surface area (Å²) in [6.45, 7) is 5.48. The van der Waals surface area contributed by atoms with Gasteiger partial charge in [0.2, 0.25) is 5.91 Å². The van der Waals surface area contributed by atoms with Crippen LogP contribution in [-0.4, -0.2) is 37.1 Å². The Hall–Kier alpha value is -0.570. The van der Waals surface area contributed by atoms with Gasteiger partial charge in [0.05, 0.1) is 12.6 Å². The number of carbonyl (C=O) groups is 1. The lowest BCUT2D eigenvalue weighted by molar-refractivity contribution is -0.136. The highest BCUT2D eigenvalue weighted by molar-refractivity contribution is 5.78. The highest BCUT2D eigenvalue weighted by Crippen LogP contribution is 2.19. The summed E-state index contributed by atoms with van der Waals surface area (Å²) in [7, 11) is 1.69. The zero-order chi connectivity index (χ0) is 9.84. The van der Waals surface area contributed by atoms with E-state index in [1.807, 2.05) is 18.7 Å². The van der Waals surface area contributed by atoms with Crippen molar-refractivity contribution in [3.05, 3.63) is 0 Å². The van der Waals surface area contributed by atoms with Crippen molar-refractivity contribution in [2.45, 2.75) is 32.7 Å². The van der Waals surface area contributed by atoms with Crippen molar-refractivity contribution >= 4 is 5.91 Å². The summed E-state index contributed by atoms with van der Waals surface area (Å²) in [6.07, 6.45) is 2.21. The third kappa shape index (κ3) is 2.44. The highest BCUT2D eigenvalue weighted by Gasteiger charge is 2.29. The molecule has 0 aromatic carbocycles. The van der Waals surface area contributed by atoms with E-state index < -0.39 is 0 Å². The fourth-order valence-corrected chi connectivity index (χ4v) is 1.82. The van der Waals surface area contributed by atoms with E-state index in [2.05, 4.69) is 0 Å². The minimum atomic E-state index is 0.109. The lowest BCUT2D eigenvalue weighted by Gasteiger charge is -2.25. The Morgan fingerprint density at radius 2 is 2.31 bits per heavy atom. The zero-order valence-electron chi connectivity index (χ0n) is 8.75. The first kappa shape index (κ1) is 10.5. The normalized spacial score (nSPS) is 22.8. The van der Waals surface area contributed by atoms with E-state index in [1.54, 1.807) is 7.11 Å². The van der Waals surface area contributed by atoms with Gasteiger partial charge in [-0.3, -0.25) is 4.79 Å². The van der Waals surface area contributed by atoms with Gasteiger partial charge < -0.3 is 9.64 Å². The molecule has 1 heterocycles. The fraction of sp³-hybridized carbons (Fsp3) is 0.900. The van der Waals surface area contributed by atoms with Gasteiger partial charge in [0, 0.05) is 19.6 Å². The number of likely N-dealkylation sites (tertiary alicyclic amines) is 1. The van der Waals surface area contributed by atoms with E-state index in [1.165, 1.54) is 0 Å². The van der Waals surface area contributed by atoms with E-state index in [0.717, 1.165) is 19.4 Å². The molecule has 0 bridgehead atoms. The topological polar surface area (TPSA) is 29.5 Å². The quantitative estimate of drug-likeness (QED) is 0.663. The van der Waals surface area contributed by atoms with Gasteiger partial charge in [-0.1, -0.05) is 13.8 Å². The molecule has 13 heavy (non-hydrogen) atoms. The molecule has 0 radical (unpaired) electrons. The van der Waals surface area contributed by atoms with Gasteiger partial charge in [0.25, 0.3) is 0 Å². The molecule has 0 spiro atoms. The van der Waals surface area contributed by atoms with Crippen LogP contribution in [0.15, 0.2) is 0 Å². The molecule has 1 amide bonds. The third-order valence-electron chi connectivity index (χ3n) is 2.51. The Balaban J connectivity index is 2.52. The van der Waals surface area contributed by atoms with E-state index >= 15 is 0 Å². The number of methoxy groups -OCH3 is 1. The number of amides is 1. The minimum absolute atomic E-state index is 0.109. The summed E-state index contributed by atoms with van der Waals surface area (Å²) < 4.78 is 5.09. The predicted octanol–water partition coefficient (Wildman–Crippen LogP) is 1.28. The van der Waals surface area contributed by atoms with Crippen LogP contribution in [-0.2, 0) is 9.53 Å². The van der Waals surface area contributed by atoms with Gasteiger partial charge in [-0.05, 0) is 12.8 Å². The minimum Gasteiger partial charge on any atom is -0.383 e. The van der Waals surface area contributed by atoms with Gasteiger partial charge in [-0.15, -0.1) is 0 Å². The molecule has 1 saturated heterocycles. The molecule has 1 atom stereocenters. The number of hydrogen-bond acceptors (Lipinski definition) is 2. The number of carbonyl (C=O) groups excluding carboxylic acids is 1. The van der Waals surface area contributed by atoms with Gasteiger partial charge in [0.1, 0.15) is 0 Å². The molecule has 0 aliphatic carbocycles. The standard InChI is InChI=1S/C10H19NO2/c1-8(2)10(12)11-6-4-5-9(11)7-13-3/h8-9H,4-7H2,1-3H3/t9-/m1/s1. The molecule has 0 aromatic rings. The van der Waals surface area contributed by atoms with Crippen LogP contribution in [0.1, 0.15) is 26.7 Å². The van der Waals surface area contributed by atoms with Crippen LogP contribution < -0.4 is 0 Å². The van der Waals surface area contributed by atoms with Crippen molar-refractivity contribution in [3.63, 3.8) is 0 Å². The van der Waals surface area contributed by atoms with E-state index in [9.17, 15) is 4.79 Å². The maximum Gasteiger partial charge on any atom is 0.225 e. The Morgan fingerprint density at radius 1 is 1.62 bits per heavy atom. The van der Waals surface area contributed by atoms with Crippen molar-refractivity contribution in [2.75, 3.05) is 20.3 Å². The van der Waals surface area contributed by atoms with Crippen molar-refractivity contribution in [1.82, 2.24) is 4.90 Å². The van der Waals surface area contributed by atoms with Crippen LogP contribution in [0.25, 0.3) is 0 Å². The van der Waals surface area contributed by atoms with Crippen LogP contribution in [0, 0.1) is 5.92 Å². The first-order chi connectivity index (χ1) is 6.16. The molecule has 3 heteroatoms. The lowest BCUT2D eigenvalue weighted by atomic mass is 10.1. The van der Waals surface area contributed by atoms with Gasteiger partial charge in [0.15, 0.2) is 0 Å². The second kappa shape index (κ2) is 4.61. The Labute approximate surface area is 80.1 Å². The van der Waals surface area contributed by atoms with Crippen molar-refractivity contribution < 1.29 is 9.53 Å². The molecule has 1 rings (SSSR count). The molecule has 1 aliphatic rings. The van der Waals surface area contributed by atoms with Crippen LogP contribution in [0.2, 0.25) is 0 Å². The first-order valence-electron chi connectivity index (χ1n) is 4.96. The fourth-order valence-electron chi connectivity index (χ4n) is 1.82. The SMILES string of the molecule is COC[C@H]1CCCN1C(=O)C(C)C. The second-order valence-corrected chi connectivity index (χ2v) is 3.94. The summed E-state index contributed by atoms with van der Waals surface area (Å²) in [5, 5.41) is 0. The van der Waals surface area contributed by atoms with Crippen LogP contribution in [0.4, 0.5) is 0 Å². The number of nitrogens with zero attached hydrogens (tertiary/aromatic N) is 1. The summed E-state index contributed by atoms with van der Waals surface area (Å²) in [4.78, 5) is 13.7.